The first-order valence-corrected chi connectivity index (χ1v) is 9.86. The number of halogens is 1. The first-order chi connectivity index (χ1) is 13.5. The summed E-state index contributed by atoms with van der Waals surface area (Å²) in [5, 5.41) is 7.75. The first kappa shape index (κ1) is 19.8. The van der Waals surface area contributed by atoms with Crippen LogP contribution in [0.3, 0.4) is 0 Å². The number of thiazole rings is 1. The van der Waals surface area contributed by atoms with Gasteiger partial charge < -0.3 is 10.1 Å². The van der Waals surface area contributed by atoms with Crippen molar-refractivity contribution in [1.82, 2.24) is 4.98 Å². The molecule has 0 fully saturated rings. The number of hydrogen-bond acceptors (Lipinski definition) is 5. The molecule has 3 rings (SSSR count). The number of nitrogens with one attached hydrogen (secondary N) is 2. The van der Waals surface area contributed by atoms with Crippen LogP contribution in [0.1, 0.15) is 15.9 Å². The van der Waals surface area contributed by atoms with Crippen molar-refractivity contribution in [3.8, 4) is 5.75 Å². The van der Waals surface area contributed by atoms with E-state index in [1.54, 1.807) is 49.0 Å². The summed E-state index contributed by atoms with van der Waals surface area (Å²) in [5.74, 6) is 0.0491. The molecule has 2 amide bonds. The quantitative estimate of drug-likeness (QED) is 0.520. The van der Waals surface area contributed by atoms with Gasteiger partial charge in [0.05, 0.1) is 7.11 Å². The maximum absolute atomic E-state index is 12.3. The molecule has 1 aromatic heterocycles. The van der Waals surface area contributed by atoms with Gasteiger partial charge >= 0.3 is 0 Å². The highest BCUT2D eigenvalue weighted by Gasteiger charge is 2.09. The van der Waals surface area contributed by atoms with Crippen LogP contribution in [0.2, 0.25) is 0 Å². The summed E-state index contributed by atoms with van der Waals surface area (Å²) in [6, 6.07) is 12.2. The van der Waals surface area contributed by atoms with E-state index < -0.39 is 0 Å². The number of ether oxygens (including phenoxy) is 1. The average molecular weight is 458 g/mol. The molecule has 0 aliphatic carbocycles. The molecule has 3 aromatic rings. The van der Waals surface area contributed by atoms with E-state index >= 15 is 0 Å². The fraction of sp³-hybridized carbons (Fsp3) is 0.0500. The van der Waals surface area contributed by atoms with Gasteiger partial charge in [0, 0.05) is 38.9 Å². The van der Waals surface area contributed by atoms with Crippen LogP contribution in [-0.4, -0.2) is 23.9 Å². The highest BCUT2D eigenvalue weighted by molar-refractivity contribution is 9.10. The van der Waals surface area contributed by atoms with E-state index in [9.17, 15) is 9.59 Å². The molecule has 0 aliphatic rings. The van der Waals surface area contributed by atoms with Gasteiger partial charge in [-0.1, -0.05) is 22.0 Å². The Hall–Kier alpha value is -2.97. The molecule has 28 heavy (non-hydrogen) atoms. The highest BCUT2D eigenvalue weighted by Crippen LogP contribution is 2.24. The van der Waals surface area contributed by atoms with Gasteiger partial charge in [0.1, 0.15) is 5.75 Å². The van der Waals surface area contributed by atoms with Crippen molar-refractivity contribution in [2.45, 2.75) is 0 Å². The summed E-state index contributed by atoms with van der Waals surface area (Å²) < 4.78 is 6.17. The van der Waals surface area contributed by atoms with E-state index in [-0.39, 0.29) is 11.8 Å². The second-order valence-electron chi connectivity index (χ2n) is 5.58. The van der Waals surface area contributed by atoms with Crippen LogP contribution in [0.5, 0.6) is 5.75 Å². The molecule has 0 unspecified atom stereocenters. The van der Waals surface area contributed by atoms with Crippen LogP contribution in [0.4, 0.5) is 10.8 Å². The Kier molecular flexibility index (Phi) is 6.57. The minimum absolute atomic E-state index is 0.291. The van der Waals surface area contributed by atoms with Gasteiger partial charge in [0.25, 0.3) is 5.91 Å². The number of amides is 2. The van der Waals surface area contributed by atoms with E-state index in [2.05, 4.69) is 31.5 Å². The Morgan fingerprint density at radius 1 is 1.18 bits per heavy atom. The number of hydrogen-bond donors (Lipinski definition) is 2. The van der Waals surface area contributed by atoms with Crippen LogP contribution < -0.4 is 15.4 Å². The first-order valence-electron chi connectivity index (χ1n) is 8.18. The summed E-state index contributed by atoms with van der Waals surface area (Å²) in [6.07, 6.45) is 4.69. The SMILES string of the molecule is COc1ccc(Br)cc1/C=C/C(=O)Nc1cccc(C(=O)Nc2nccs2)c1. The van der Waals surface area contributed by atoms with Crippen LogP contribution in [-0.2, 0) is 4.79 Å². The molecular formula is C20H16BrN3O3S. The topological polar surface area (TPSA) is 80.3 Å². The lowest BCUT2D eigenvalue weighted by atomic mass is 10.1. The fourth-order valence-electron chi connectivity index (χ4n) is 2.38. The number of carbonyl (C=O) groups excluding carboxylic acids is 2. The molecule has 8 heteroatoms. The summed E-state index contributed by atoms with van der Waals surface area (Å²) >= 11 is 4.73. The van der Waals surface area contributed by atoms with Gasteiger partial charge in [-0.3, -0.25) is 14.9 Å². The van der Waals surface area contributed by atoms with Crippen molar-refractivity contribution in [2.75, 3.05) is 17.7 Å². The van der Waals surface area contributed by atoms with Crippen molar-refractivity contribution in [3.63, 3.8) is 0 Å². The maximum Gasteiger partial charge on any atom is 0.257 e. The third-order valence-corrected chi connectivity index (χ3v) is 4.83. The molecule has 0 radical (unpaired) electrons. The van der Waals surface area contributed by atoms with Gasteiger partial charge in [-0.2, -0.15) is 0 Å². The Morgan fingerprint density at radius 3 is 2.79 bits per heavy atom. The van der Waals surface area contributed by atoms with Gasteiger partial charge in [-0.25, -0.2) is 4.98 Å². The molecule has 0 atom stereocenters. The minimum Gasteiger partial charge on any atom is -0.496 e. The van der Waals surface area contributed by atoms with Gasteiger partial charge in [0.15, 0.2) is 5.13 Å². The Bertz CT molecular complexity index is 1020. The smallest absolute Gasteiger partial charge is 0.257 e. The van der Waals surface area contributed by atoms with Crippen molar-refractivity contribution in [1.29, 1.82) is 0 Å². The molecule has 142 valence electrons. The maximum atomic E-state index is 12.3. The van der Waals surface area contributed by atoms with Crippen molar-refractivity contribution in [3.05, 3.63) is 75.7 Å². The Labute approximate surface area is 174 Å². The molecule has 0 bridgehead atoms. The van der Waals surface area contributed by atoms with E-state index in [4.69, 9.17) is 4.74 Å². The molecule has 2 N–H and O–H groups in total. The molecule has 0 saturated carbocycles. The zero-order valence-corrected chi connectivity index (χ0v) is 17.2. The van der Waals surface area contributed by atoms with E-state index in [1.165, 1.54) is 17.4 Å². The highest BCUT2D eigenvalue weighted by atomic mass is 79.9. The molecule has 0 aliphatic heterocycles. The lowest BCUT2D eigenvalue weighted by Crippen LogP contribution is -2.13. The molecule has 0 saturated heterocycles. The fourth-order valence-corrected chi connectivity index (χ4v) is 3.28. The number of nitrogens with zero attached hydrogens (tertiary/aromatic N) is 1. The average Bonchev–Trinajstić information content (AvgIpc) is 3.19. The zero-order chi connectivity index (χ0) is 19.9. The van der Waals surface area contributed by atoms with Gasteiger partial charge in [-0.05, 0) is 42.5 Å². The number of rotatable bonds is 6. The minimum atomic E-state index is -0.320. The Morgan fingerprint density at radius 2 is 2.04 bits per heavy atom. The predicted molar refractivity (Wildman–Crippen MR) is 115 cm³/mol. The number of anilines is 2. The lowest BCUT2D eigenvalue weighted by molar-refractivity contribution is -0.111. The number of methoxy groups -OCH3 is 1. The normalized spacial score (nSPS) is 10.6. The van der Waals surface area contributed by atoms with Gasteiger partial charge in [-0.15, -0.1) is 11.3 Å². The van der Waals surface area contributed by atoms with E-state index in [0.717, 1.165) is 10.0 Å². The largest absolute Gasteiger partial charge is 0.496 e. The number of benzene rings is 2. The van der Waals surface area contributed by atoms with Crippen molar-refractivity contribution in [2.24, 2.45) is 0 Å². The number of aromatic nitrogens is 1. The molecular weight excluding hydrogens is 442 g/mol. The zero-order valence-electron chi connectivity index (χ0n) is 14.8. The third-order valence-electron chi connectivity index (χ3n) is 3.65. The van der Waals surface area contributed by atoms with Crippen molar-refractivity contribution >= 4 is 56.0 Å². The molecule has 1 heterocycles. The second kappa shape index (κ2) is 9.29. The number of carbonyl (C=O) groups is 2. The van der Waals surface area contributed by atoms with Crippen molar-refractivity contribution < 1.29 is 14.3 Å². The molecule has 6 nitrogen and oxygen atoms in total. The van der Waals surface area contributed by atoms with Crippen LogP contribution in [0.25, 0.3) is 6.08 Å². The van der Waals surface area contributed by atoms with E-state index in [0.29, 0.717) is 22.1 Å². The lowest BCUT2D eigenvalue weighted by Gasteiger charge is -2.07. The monoisotopic (exact) mass is 457 g/mol. The summed E-state index contributed by atoms with van der Waals surface area (Å²) in [4.78, 5) is 28.5. The van der Waals surface area contributed by atoms with E-state index in [1.807, 2.05) is 18.2 Å². The summed E-state index contributed by atoms with van der Waals surface area (Å²) in [7, 11) is 1.57. The molecule has 2 aromatic carbocycles. The van der Waals surface area contributed by atoms with Gasteiger partial charge in [0.2, 0.25) is 5.91 Å². The van der Waals surface area contributed by atoms with Crippen LogP contribution in [0, 0.1) is 0 Å². The summed E-state index contributed by atoms with van der Waals surface area (Å²) in [5.41, 5.74) is 1.71. The standard InChI is InChI=1S/C20H16BrN3O3S/c1-27-17-7-6-15(21)11-13(17)5-8-18(25)23-16-4-2-3-14(12-16)19(26)24-20-22-9-10-28-20/h2-12H,1H3,(H,23,25)(H,22,24,26)/b8-5+. The van der Waals surface area contributed by atoms with Crippen LogP contribution in [0.15, 0.2) is 64.6 Å². The second-order valence-corrected chi connectivity index (χ2v) is 7.39. The summed E-state index contributed by atoms with van der Waals surface area (Å²) in [6.45, 7) is 0. The third kappa shape index (κ3) is 5.28. The predicted octanol–water partition coefficient (Wildman–Crippen LogP) is 4.82. The van der Waals surface area contributed by atoms with Crippen LogP contribution >= 0.6 is 27.3 Å². The Balaban J connectivity index is 1.67. The molecule has 0 spiro atoms.